The van der Waals surface area contributed by atoms with Crippen molar-refractivity contribution in [3.63, 3.8) is 0 Å². The summed E-state index contributed by atoms with van der Waals surface area (Å²) in [5.74, 6) is 0. The van der Waals surface area contributed by atoms with Gasteiger partial charge in [-0.3, -0.25) is 4.98 Å². The number of nitrogens with zero attached hydrogens (tertiary/aromatic N) is 1. The van der Waals surface area contributed by atoms with Gasteiger partial charge in [0.1, 0.15) is 0 Å². The van der Waals surface area contributed by atoms with E-state index in [0.717, 1.165) is 30.8 Å². The molecule has 1 saturated heterocycles. The molecule has 0 aromatic carbocycles. The van der Waals surface area contributed by atoms with E-state index in [1.54, 1.807) is 0 Å². The topological polar surface area (TPSA) is 34.1 Å². The molecule has 3 nitrogen and oxygen atoms in total. The van der Waals surface area contributed by atoms with E-state index < -0.39 is 0 Å². The molecule has 1 aromatic rings. The van der Waals surface area contributed by atoms with Gasteiger partial charge in [-0.25, -0.2) is 0 Å². The van der Waals surface area contributed by atoms with Gasteiger partial charge in [-0.1, -0.05) is 0 Å². The predicted molar refractivity (Wildman–Crippen MR) is 61.0 cm³/mol. The van der Waals surface area contributed by atoms with Crippen molar-refractivity contribution < 1.29 is 4.74 Å². The SMILES string of the molecule is Cc1ccc(NC2CCOC(C)C2)cn1. The Labute approximate surface area is 90.9 Å². The number of aryl methyl sites for hydroxylation is 1. The number of aromatic nitrogens is 1. The van der Waals surface area contributed by atoms with Crippen LogP contribution in [0, 0.1) is 6.92 Å². The normalized spacial score (nSPS) is 26.3. The lowest BCUT2D eigenvalue weighted by molar-refractivity contribution is 0.0232. The second-order valence-electron chi connectivity index (χ2n) is 4.24. The third kappa shape index (κ3) is 2.93. The number of nitrogens with one attached hydrogen (secondary N) is 1. The highest BCUT2D eigenvalue weighted by molar-refractivity contribution is 5.41. The monoisotopic (exact) mass is 206 g/mol. The summed E-state index contributed by atoms with van der Waals surface area (Å²) in [5.41, 5.74) is 2.17. The van der Waals surface area contributed by atoms with E-state index in [1.165, 1.54) is 0 Å². The minimum atomic E-state index is 0.370. The highest BCUT2D eigenvalue weighted by Gasteiger charge is 2.18. The lowest BCUT2D eigenvalue weighted by atomic mass is 10.0. The molecule has 3 heteroatoms. The average Bonchev–Trinajstić information content (AvgIpc) is 2.22. The molecule has 1 fully saturated rings. The molecule has 2 rings (SSSR count). The van der Waals surface area contributed by atoms with Gasteiger partial charge in [0.05, 0.1) is 18.0 Å². The number of hydrogen-bond acceptors (Lipinski definition) is 3. The third-order valence-corrected chi connectivity index (χ3v) is 2.77. The molecule has 1 N–H and O–H groups in total. The molecule has 0 bridgehead atoms. The van der Waals surface area contributed by atoms with Crippen LogP contribution in [0.5, 0.6) is 0 Å². The lowest BCUT2D eigenvalue weighted by Gasteiger charge is -2.28. The lowest BCUT2D eigenvalue weighted by Crippen LogP contribution is -2.32. The summed E-state index contributed by atoms with van der Waals surface area (Å²) in [6, 6.07) is 4.64. The zero-order valence-corrected chi connectivity index (χ0v) is 9.36. The summed E-state index contributed by atoms with van der Waals surface area (Å²) in [6.07, 6.45) is 4.43. The summed E-state index contributed by atoms with van der Waals surface area (Å²) in [7, 11) is 0. The molecular weight excluding hydrogens is 188 g/mol. The molecule has 0 amide bonds. The smallest absolute Gasteiger partial charge is 0.0566 e. The van der Waals surface area contributed by atoms with E-state index in [1.807, 2.05) is 19.2 Å². The van der Waals surface area contributed by atoms with Gasteiger partial charge in [-0.15, -0.1) is 0 Å². The maximum atomic E-state index is 5.51. The van der Waals surface area contributed by atoms with Crippen LogP contribution in [-0.4, -0.2) is 23.7 Å². The summed E-state index contributed by atoms with van der Waals surface area (Å²) >= 11 is 0. The van der Waals surface area contributed by atoms with Gasteiger partial charge in [-0.05, 0) is 38.8 Å². The van der Waals surface area contributed by atoms with Gasteiger partial charge < -0.3 is 10.1 Å². The van der Waals surface area contributed by atoms with Crippen molar-refractivity contribution in [2.75, 3.05) is 11.9 Å². The molecule has 0 aliphatic carbocycles. The molecule has 0 radical (unpaired) electrons. The summed E-state index contributed by atoms with van der Waals surface area (Å²) in [5, 5.41) is 3.50. The number of rotatable bonds is 2. The number of anilines is 1. The molecule has 2 heterocycles. The van der Waals surface area contributed by atoms with E-state index in [9.17, 15) is 0 Å². The van der Waals surface area contributed by atoms with Crippen molar-refractivity contribution in [1.82, 2.24) is 4.98 Å². The fraction of sp³-hybridized carbons (Fsp3) is 0.583. The van der Waals surface area contributed by atoms with Gasteiger partial charge in [0, 0.05) is 18.3 Å². The Bertz CT molecular complexity index is 310. The highest BCUT2D eigenvalue weighted by Crippen LogP contribution is 2.18. The Morgan fingerprint density at radius 1 is 1.47 bits per heavy atom. The maximum Gasteiger partial charge on any atom is 0.0566 e. The first-order chi connectivity index (χ1) is 7.24. The quantitative estimate of drug-likeness (QED) is 0.806. The number of pyridine rings is 1. The van der Waals surface area contributed by atoms with Crippen LogP contribution >= 0.6 is 0 Å². The van der Waals surface area contributed by atoms with Crippen LogP contribution in [0.15, 0.2) is 18.3 Å². The minimum absolute atomic E-state index is 0.370. The first kappa shape index (κ1) is 10.4. The number of hydrogen-bond donors (Lipinski definition) is 1. The van der Waals surface area contributed by atoms with Crippen molar-refractivity contribution in [2.45, 2.75) is 38.8 Å². The van der Waals surface area contributed by atoms with Gasteiger partial charge >= 0.3 is 0 Å². The van der Waals surface area contributed by atoms with Crippen LogP contribution < -0.4 is 5.32 Å². The maximum absolute atomic E-state index is 5.51. The van der Waals surface area contributed by atoms with Crippen molar-refractivity contribution in [3.8, 4) is 0 Å². The first-order valence-corrected chi connectivity index (χ1v) is 5.55. The zero-order valence-electron chi connectivity index (χ0n) is 9.36. The average molecular weight is 206 g/mol. The van der Waals surface area contributed by atoms with Crippen LogP contribution in [0.1, 0.15) is 25.5 Å². The Morgan fingerprint density at radius 2 is 2.33 bits per heavy atom. The largest absolute Gasteiger partial charge is 0.381 e. The van der Waals surface area contributed by atoms with Gasteiger partial charge in [-0.2, -0.15) is 0 Å². The molecule has 15 heavy (non-hydrogen) atoms. The van der Waals surface area contributed by atoms with Crippen molar-refractivity contribution >= 4 is 5.69 Å². The molecule has 82 valence electrons. The van der Waals surface area contributed by atoms with Crippen LogP contribution in [0.4, 0.5) is 5.69 Å². The van der Waals surface area contributed by atoms with Crippen molar-refractivity contribution in [2.24, 2.45) is 0 Å². The standard InChI is InChI=1S/C12H18N2O/c1-9-3-4-12(8-13-9)14-11-5-6-15-10(2)7-11/h3-4,8,10-11,14H,5-7H2,1-2H3. The molecule has 1 aromatic heterocycles. The Balaban J connectivity index is 1.93. The van der Waals surface area contributed by atoms with Gasteiger partial charge in [0.2, 0.25) is 0 Å². The minimum Gasteiger partial charge on any atom is -0.381 e. The Morgan fingerprint density at radius 3 is 3.00 bits per heavy atom. The Hall–Kier alpha value is -1.09. The fourth-order valence-electron chi connectivity index (χ4n) is 1.92. The molecule has 1 aliphatic heterocycles. The molecule has 2 unspecified atom stereocenters. The van der Waals surface area contributed by atoms with Crippen LogP contribution in [0.3, 0.4) is 0 Å². The van der Waals surface area contributed by atoms with E-state index >= 15 is 0 Å². The molecule has 1 aliphatic rings. The molecule has 0 saturated carbocycles. The van der Waals surface area contributed by atoms with E-state index in [2.05, 4.69) is 23.3 Å². The van der Waals surface area contributed by atoms with Crippen LogP contribution in [0.25, 0.3) is 0 Å². The highest BCUT2D eigenvalue weighted by atomic mass is 16.5. The molecular formula is C12H18N2O. The fourth-order valence-corrected chi connectivity index (χ4v) is 1.92. The van der Waals surface area contributed by atoms with Gasteiger partial charge in [0.15, 0.2) is 0 Å². The van der Waals surface area contributed by atoms with Gasteiger partial charge in [0.25, 0.3) is 0 Å². The molecule has 0 spiro atoms. The van der Waals surface area contributed by atoms with Crippen LogP contribution in [-0.2, 0) is 4.74 Å². The van der Waals surface area contributed by atoms with E-state index in [0.29, 0.717) is 12.1 Å². The zero-order chi connectivity index (χ0) is 10.7. The summed E-state index contributed by atoms with van der Waals surface area (Å²) in [6.45, 7) is 4.99. The predicted octanol–water partition coefficient (Wildman–Crippen LogP) is 2.37. The van der Waals surface area contributed by atoms with E-state index in [4.69, 9.17) is 4.74 Å². The second-order valence-corrected chi connectivity index (χ2v) is 4.24. The molecule has 2 atom stereocenters. The second kappa shape index (κ2) is 4.62. The third-order valence-electron chi connectivity index (χ3n) is 2.77. The van der Waals surface area contributed by atoms with E-state index in [-0.39, 0.29) is 0 Å². The summed E-state index contributed by atoms with van der Waals surface area (Å²) in [4.78, 5) is 4.27. The first-order valence-electron chi connectivity index (χ1n) is 5.55. The van der Waals surface area contributed by atoms with Crippen molar-refractivity contribution in [3.05, 3.63) is 24.0 Å². The Kier molecular flexibility index (Phi) is 3.21. The number of ether oxygens (including phenoxy) is 1. The van der Waals surface area contributed by atoms with Crippen LogP contribution in [0.2, 0.25) is 0 Å². The van der Waals surface area contributed by atoms with Crippen molar-refractivity contribution in [1.29, 1.82) is 0 Å². The summed E-state index contributed by atoms with van der Waals surface area (Å²) < 4.78 is 5.51.